The number of nitrogens with zero attached hydrogens (tertiary/aromatic N) is 1. The zero-order valence-electron chi connectivity index (χ0n) is 11.1. The Morgan fingerprint density at radius 3 is 2.44 bits per heavy atom. The zero-order chi connectivity index (χ0) is 12.3. The average Bonchev–Trinajstić information content (AvgIpc) is 2.33. The summed E-state index contributed by atoms with van der Waals surface area (Å²) in [5.41, 5.74) is 2.49. The van der Waals surface area contributed by atoms with Crippen LogP contribution in [-0.2, 0) is 4.79 Å². The molecular formula is C13H24N2O. The van der Waals surface area contributed by atoms with Crippen LogP contribution in [0.4, 0.5) is 0 Å². The lowest BCUT2D eigenvalue weighted by Gasteiger charge is -2.27. The largest absolute Gasteiger partial charge is 0.328 e. The summed E-state index contributed by atoms with van der Waals surface area (Å²) in [5, 5.41) is 3.09. The molecule has 1 atom stereocenters. The van der Waals surface area contributed by atoms with Crippen molar-refractivity contribution in [2.24, 2.45) is 5.92 Å². The Bertz CT molecular complexity index is 294. The maximum absolute atomic E-state index is 12.1. The highest BCUT2D eigenvalue weighted by Crippen LogP contribution is 2.20. The minimum absolute atomic E-state index is 0.00870. The lowest BCUT2D eigenvalue weighted by atomic mass is 10.0. The molecule has 0 aliphatic carbocycles. The van der Waals surface area contributed by atoms with Gasteiger partial charge in [-0.15, -0.1) is 0 Å². The molecular weight excluding hydrogens is 200 g/mol. The fourth-order valence-corrected chi connectivity index (χ4v) is 2.48. The zero-order valence-corrected chi connectivity index (χ0v) is 11.1. The molecule has 3 nitrogen and oxygen atoms in total. The molecule has 16 heavy (non-hydrogen) atoms. The molecule has 0 unspecified atom stereocenters. The van der Waals surface area contributed by atoms with E-state index in [0.29, 0.717) is 5.92 Å². The van der Waals surface area contributed by atoms with E-state index in [2.05, 4.69) is 37.9 Å². The standard InChI is InChI=1S/C13H24N2O/c1-6-10-8-15(5)12(9(3)4)13(16)14-11(10)7-2/h9,12H,6-8H2,1-5H3,(H,14,16)/t12-/m1/s1. The smallest absolute Gasteiger partial charge is 0.241 e. The van der Waals surface area contributed by atoms with Crippen LogP contribution in [-0.4, -0.2) is 30.4 Å². The van der Waals surface area contributed by atoms with Crippen LogP contribution in [0.2, 0.25) is 0 Å². The highest BCUT2D eigenvalue weighted by atomic mass is 16.2. The number of carbonyl (C=O) groups is 1. The molecule has 0 spiro atoms. The van der Waals surface area contributed by atoms with Gasteiger partial charge in [-0.3, -0.25) is 9.69 Å². The van der Waals surface area contributed by atoms with Crippen molar-refractivity contribution in [2.75, 3.05) is 13.6 Å². The predicted octanol–water partition coefficient (Wildman–Crippen LogP) is 2.15. The number of hydrogen-bond donors (Lipinski definition) is 1. The van der Waals surface area contributed by atoms with Gasteiger partial charge in [0.15, 0.2) is 0 Å². The molecule has 1 N–H and O–H groups in total. The van der Waals surface area contributed by atoms with Gasteiger partial charge in [-0.2, -0.15) is 0 Å². The van der Waals surface area contributed by atoms with Crippen molar-refractivity contribution in [3.8, 4) is 0 Å². The first kappa shape index (κ1) is 13.2. The van der Waals surface area contributed by atoms with Gasteiger partial charge in [-0.25, -0.2) is 0 Å². The Morgan fingerprint density at radius 1 is 1.38 bits per heavy atom. The van der Waals surface area contributed by atoms with E-state index in [9.17, 15) is 4.79 Å². The summed E-state index contributed by atoms with van der Waals surface area (Å²) in [5.74, 6) is 0.497. The molecule has 0 saturated carbocycles. The van der Waals surface area contributed by atoms with Crippen molar-refractivity contribution >= 4 is 5.91 Å². The maximum atomic E-state index is 12.1. The molecule has 1 heterocycles. The molecule has 0 aromatic heterocycles. The molecule has 0 aromatic carbocycles. The van der Waals surface area contributed by atoms with E-state index in [4.69, 9.17) is 0 Å². The summed E-state index contributed by atoms with van der Waals surface area (Å²) in [7, 11) is 2.04. The Balaban J connectivity index is 2.98. The van der Waals surface area contributed by atoms with Crippen LogP contribution < -0.4 is 5.32 Å². The van der Waals surface area contributed by atoms with E-state index in [1.165, 1.54) is 5.57 Å². The van der Waals surface area contributed by atoms with Crippen LogP contribution in [0.5, 0.6) is 0 Å². The van der Waals surface area contributed by atoms with Crippen LogP contribution >= 0.6 is 0 Å². The molecule has 1 amide bonds. The summed E-state index contributed by atoms with van der Waals surface area (Å²) in [6.07, 6.45) is 1.92. The molecule has 92 valence electrons. The van der Waals surface area contributed by atoms with Crippen LogP contribution in [0, 0.1) is 5.92 Å². The van der Waals surface area contributed by atoms with Gasteiger partial charge >= 0.3 is 0 Å². The number of allylic oxidation sites excluding steroid dienone is 1. The van der Waals surface area contributed by atoms with Crippen molar-refractivity contribution in [3.63, 3.8) is 0 Å². The SMILES string of the molecule is CCC1=C(CC)NC(=O)[C@@H](C(C)C)N(C)C1. The first-order valence-corrected chi connectivity index (χ1v) is 6.23. The molecule has 1 aliphatic heterocycles. The lowest BCUT2D eigenvalue weighted by Crippen LogP contribution is -2.46. The number of carbonyl (C=O) groups excluding carboxylic acids is 1. The van der Waals surface area contributed by atoms with Gasteiger partial charge in [0.05, 0.1) is 6.04 Å². The fraction of sp³-hybridized carbons (Fsp3) is 0.769. The van der Waals surface area contributed by atoms with Crippen molar-refractivity contribution in [1.29, 1.82) is 0 Å². The van der Waals surface area contributed by atoms with Crippen molar-refractivity contribution < 1.29 is 4.79 Å². The third-order valence-electron chi connectivity index (χ3n) is 3.30. The van der Waals surface area contributed by atoms with Gasteiger partial charge in [-0.05, 0) is 31.4 Å². The van der Waals surface area contributed by atoms with Gasteiger partial charge in [0, 0.05) is 12.2 Å². The average molecular weight is 224 g/mol. The highest BCUT2D eigenvalue weighted by Gasteiger charge is 2.30. The lowest BCUT2D eigenvalue weighted by molar-refractivity contribution is -0.126. The molecule has 3 heteroatoms. The third kappa shape index (κ3) is 2.64. The maximum Gasteiger partial charge on any atom is 0.241 e. The van der Waals surface area contributed by atoms with Gasteiger partial charge in [0.2, 0.25) is 5.91 Å². The molecule has 0 bridgehead atoms. The first-order valence-electron chi connectivity index (χ1n) is 6.23. The monoisotopic (exact) mass is 224 g/mol. The van der Waals surface area contributed by atoms with E-state index in [1.807, 2.05) is 7.05 Å². The molecule has 1 aliphatic rings. The summed E-state index contributed by atoms with van der Waals surface area (Å²) < 4.78 is 0. The highest BCUT2D eigenvalue weighted by molar-refractivity contribution is 5.84. The van der Waals surface area contributed by atoms with Crippen LogP contribution in [0.1, 0.15) is 40.5 Å². The molecule has 0 aromatic rings. The molecule has 1 rings (SSSR count). The third-order valence-corrected chi connectivity index (χ3v) is 3.30. The van der Waals surface area contributed by atoms with E-state index in [-0.39, 0.29) is 11.9 Å². The minimum Gasteiger partial charge on any atom is -0.328 e. The van der Waals surface area contributed by atoms with Crippen LogP contribution in [0.25, 0.3) is 0 Å². The Labute approximate surface area is 98.9 Å². The summed E-state index contributed by atoms with van der Waals surface area (Å²) in [6, 6.07) is -0.00870. The summed E-state index contributed by atoms with van der Waals surface area (Å²) >= 11 is 0. The van der Waals surface area contributed by atoms with E-state index < -0.39 is 0 Å². The fourth-order valence-electron chi connectivity index (χ4n) is 2.48. The predicted molar refractivity (Wildman–Crippen MR) is 67.0 cm³/mol. The van der Waals surface area contributed by atoms with Gasteiger partial charge in [0.25, 0.3) is 0 Å². The van der Waals surface area contributed by atoms with E-state index in [1.54, 1.807) is 0 Å². The second-order valence-electron chi connectivity index (χ2n) is 4.88. The number of hydrogen-bond acceptors (Lipinski definition) is 2. The molecule has 0 radical (unpaired) electrons. The Morgan fingerprint density at radius 2 is 2.00 bits per heavy atom. The number of rotatable bonds is 3. The molecule has 0 fully saturated rings. The van der Waals surface area contributed by atoms with Crippen molar-refractivity contribution in [3.05, 3.63) is 11.3 Å². The second-order valence-corrected chi connectivity index (χ2v) is 4.88. The van der Waals surface area contributed by atoms with Crippen molar-refractivity contribution in [2.45, 2.75) is 46.6 Å². The second kappa shape index (κ2) is 5.48. The van der Waals surface area contributed by atoms with E-state index in [0.717, 1.165) is 25.1 Å². The normalized spacial score (nSPS) is 23.6. The van der Waals surface area contributed by atoms with E-state index >= 15 is 0 Å². The number of nitrogens with one attached hydrogen (secondary N) is 1. The van der Waals surface area contributed by atoms with Crippen LogP contribution in [0.15, 0.2) is 11.3 Å². The topological polar surface area (TPSA) is 32.3 Å². The Hall–Kier alpha value is -0.830. The van der Waals surface area contributed by atoms with Gasteiger partial charge < -0.3 is 5.32 Å². The number of amides is 1. The molecule has 0 saturated heterocycles. The summed E-state index contributed by atoms with van der Waals surface area (Å²) in [6.45, 7) is 9.36. The van der Waals surface area contributed by atoms with Crippen LogP contribution in [0.3, 0.4) is 0 Å². The Kier molecular flexibility index (Phi) is 4.54. The van der Waals surface area contributed by atoms with Gasteiger partial charge in [-0.1, -0.05) is 27.7 Å². The minimum atomic E-state index is -0.00870. The first-order chi connectivity index (χ1) is 7.51. The quantitative estimate of drug-likeness (QED) is 0.796. The van der Waals surface area contributed by atoms with Crippen molar-refractivity contribution in [1.82, 2.24) is 10.2 Å². The van der Waals surface area contributed by atoms with Gasteiger partial charge in [0.1, 0.15) is 0 Å². The number of likely N-dealkylation sites (N-methyl/N-ethyl adjacent to an activating group) is 1. The summed E-state index contributed by atoms with van der Waals surface area (Å²) in [4.78, 5) is 14.3.